The molecule has 1 aromatic carbocycles. The molecule has 122 valence electrons. The van der Waals surface area contributed by atoms with E-state index in [0.29, 0.717) is 0 Å². The number of aryl methyl sites for hydroxylation is 1. The summed E-state index contributed by atoms with van der Waals surface area (Å²) in [6, 6.07) is 8.98. The number of oxime groups is 1. The number of rotatable bonds is 4. The molecule has 0 saturated heterocycles. The van der Waals surface area contributed by atoms with Gasteiger partial charge in [0.1, 0.15) is 6.54 Å². The molecule has 0 atom stereocenters. The Labute approximate surface area is 129 Å². The van der Waals surface area contributed by atoms with Gasteiger partial charge in [-0.3, -0.25) is 4.68 Å². The molecule has 0 unspecified atom stereocenters. The van der Waals surface area contributed by atoms with Crippen LogP contribution < -0.4 is 5.73 Å². The van der Waals surface area contributed by atoms with Gasteiger partial charge >= 0.3 is 12.1 Å². The summed E-state index contributed by atoms with van der Waals surface area (Å²) in [6.45, 7) is 1.22. The van der Waals surface area contributed by atoms with Gasteiger partial charge < -0.3 is 10.6 Å². The molecule has 2 aromatic rings. The number of alkyl halides is 3. The first-order valence-electron chi connectivity index (χ1n) is 6.48. The van der Waals surface area contributed by atoms with Crippen LogP contribution in [-0.2, 0) is 17.6 Å². The fraction of sp³-hybridized carbons (Fsp3) is 0.214. The van der Waals surface area contributed by atoms with Crippen molar-refractivity contribution in [1.29, 1.82) is 0 Å². The number of aromatic nitrogens is 2. The number of amidine groups is 1. The lowest BCUT2D eigenvalue weighted by Crippen LogP contribution is -2.22. The second-order valence-corrected chi connectivity index (χ2v) is 4.65. The highest BCUT2D eigenvalue weighted by Crippen LogP contribution is 2.28. The average molecular weight is 326 g/mol. The van der Waals surface area contributed by atoms with E-state index < -0.39 is 17.8 Å². The number of benzene rings is 1. The van der Waals surface area contributed by atoms with E-state index in [-0.39, 0.29) is 23.6 Å². The van der Waals surface area contributed by atoms with Crippen LogP contribution in [0.4, 0.5) is 13.2 Å². The number of hydrogen-bond acceptors (Lipinski definition) is 4. The fourth-order valence-corrected chi connectivity index (χ4v) is 1.72. The topological polar surface area (TPSA) is 82.5 Å². The maximum atomic E-state index is 12.6. The van der Waals surface area contributed by atoms with E-state index in [9.17, 15) is 18.0 Å². The number of nitrogens with zero attached hydrogens (tertiary/aromatic N) is 3. The quantitative estimate of drug-likeness (QED) is 0.405. The van der Waals surface area contributed by atoms with Crippen molar-refractivity contribution in [1.82, 2.24) is 9.78 Å². The summed E-state index contributed by atoms with van der Waals surface area (Å²) in [5, 5.41) is 6.81. The second-order valence-electron chi connectivity index (χ2n) is 4.65. The van der Waals surface area contributed by atoms with Crippen molar-refractivity contribution in [2.24, 2.45) is 10.9 Å². The van der Waals surface area contributed by atoms with E-state index in [0.717, 1.165) is 10.7 Å². The fourth-order valence-electron chi connectivity index (χ4n) is 1.72. The SMILES string of the molecule is Cc1cc(C(F)(F)F)nn1C/C(N)=N/OC(=O)c1ccccc1. The van der Waals surface area contributed by atoms with Crippen molar-refractivity contribution in [2.45, 2.75) is 19.6 Å². The summed E-state index contributed by atoms with van der Waals surface area (Å²) in [4.78, 5) is 16.3. The Morgan fingerprint density at radius 1 is 1.35 bits per heavy atom. The third-order valence-electron chi connectivity index (χ3n) is 2.84. The largest absolute Gasteiger partial charge is 0.435 e. The zero-order chi connectivity index (χ0) is 17.0. The molecule has 0 aliphatic heterocycles. The Morgan fingerprint density at radius 3 is 2.57 bits per heavy atom. The lowest BCUT2D eigenvalue weighted by atomic mass is 10.2. The minimum absolute atomic E-state index is 0.186. The van der Waals surface area contributed by atoms with Gasteiger partial charge in [0.05, 0.1) is 5.56 Å². The molecule has 0 fully saturated rings. The highest BCUT2D eigenvalue weighted by atomic mass is 19.4. The van der Waals surface area contributed by atoms with Gasteiger partial charge in [0.2, 0.25) is 0 Å². The monoisotopic (exact) mass is 326 g/mol. The molecule has 0 saturated carbocycles. The summed E-state index contributed by atoms with van der Waals surface area (Å²) in [5.41, 5.74) is 5.06. The summed E-state index contributed by atoms with van der Waals surface area (Å²) < 4.78 is 38.7. The van der Waals surface area contributed by atoms with Gasteiger partial charge in [-0.25, -0.2) is 4.79 Å². The molecule has 0 spiro atoms. The van der Waals surface area contributed by atoms with Crippen molar-refractivity contribution >= 4 is 11.8 Å². The van der Waals surface area contributed by atoms with Crippen LogP contribution in [0.3, 0.4) is 0 Å². The third-order valence-corrected chi connectivity index (χ3v) is 2.84. The number of carbonyl (C=O) groups is 1. The molecule has 0 aliphatic carbocycles. The minimum atomic E-state index is -4.54. The number of halogens is 3. The predicted molar refractivity (Wildman–Crippen MR) is 75.4 cm³/mol. The standard InChI is InChI=1S/C14H13F3N4O2/c1-9-7-11(14(15,16)17)19-21(9)8-12(18)20-23-13(22)10-5-3-2-4-6-10/h2-7H,8H2,1H3,(H2,18,20). The first-order valence-corrected chi connectivity index (χ1v) is 6.48. The molecule has 0 radical (unpaired) electrons. The van der Waals surface area contributed by atoms with Gasteiger partial charge in [0, 0.05) is 5.69 Å². The zero-order valence-electron chi connectivity index (χ0n) is 12.0. The highest BCUT2D eigenvalue weighted by molar-refractivity contribution is 5.90. The van der Waals surface area contributed by atoms with Crippen molar-refractivity contribution in [3.05, 3.63) is 53.3 Å². The first kappa shape index (κ1) is 16.5. The van der Waals surface area contributed by atoms with Crippen LogP contribution in [0.2, 0.25) is 0 Å². The summed E-state index contributed by atoms with van der Waals surface area (Å²) >= 11 is 0. The molecule has 2 N–H and O–H groups in total. The van der Waals surface area contributed by atoms with Gasteiger partial charge in [0.25, 0.3) is 0 Å². The number of hydrogen-bond donors (Lipinski definition) is 1. The highest BCUT2D eigenvalue weighted by Gasteiger charge is 2.34. The lowest BCUT2D eigenvalue weighted by Gasteiger charge is -2.04. The summed E-state index contributed by atoms with van der Waals surface area (Å²) in [5.74, 6) is -0.907. The van der Waals surface area contributed by atoms with Gasteiger partial charge in [-0.05, 0) is 25.1 Å². The van der Waals surface area contributed by atoms with Crippen molar-refractivity contribution in [3.8, 4) is 0 Å². The molecule has 2 rings (SSSR count). The number of carbonyl (C=O) groups excluding carboxylic acids is 1. The molecule has 1 heterocycles. The number of nitrogens with two attached hydrogens (primary N) is 1. The summed E-state index contributed by atoms with van der Waals surface area (Å²) in [6.07, 6.45) is -4.54. The van der Waals surface area contributed by atoms with Crippen LogP contribution in [0.1, 0.15) is 21.7 Å². The minimum Gasteiger partial charge on any atom is -0.383 e. The van der Waals surface area contributed by atoms with E-state index in [2.05, 4.69) is 15.1 Å². The molecular formula is C14H13F3N4O2. The maximum absolute atomic E-state index is 12.6. The van der Waals surface area contributed by atoms with Crippen molar-refractivity contribution < 1.29 is 22.8 Å². The van der Waals surface area contributed by atoms with Crippen LogP contribution in [-0.4, -0.2) is 21.6 Å². The zero-order valence-corrected chi connectivity index (χ0v) is 12.0. The average Bonchev–Trinajstić information content (AvgIpc) is 2.87. The van der Waals surface area contributed by atoms with E-state index in [1.54, 1.807) is 18.2 Å². The lowest BCUT2D eigenvalue weighted by molar-refractivity contribution is -0.141. The van der Waals surface area contributed by atoms with Gasteiger partial charge in [-0.2, -0.15) is 18.3 Å². The smallest absolute Gasteiger partial charge is 0.383 e. The molecule has 0 amide bonds. The Hall–Kier alpha value is -2.84. The van der Waals surface area contributed by atoms with Crippen molar-refractivity contribution in [3.63, 3.8) is 0 Å². The van der Waals surface area contributed by atoms with E-state index in [1.807, 2.05) is 0 Å². The van der Waals surface area contributed by atoms with Gasteiger partial charge in [-0.15, -0.1) is 0 Å². The first-order chi connectivity index (χ1) is 10.8. The normalized spacial score (nSPS) is 12.3. The van der Waals surface area contributed by atoms with Crippen molar-refractivity contribution in [2.75, 3.05) is 0 Å². The molecule has 23 heavy (non-hydrogen) atoms. The molecule has 9 heteroatoms. The van der Waals surface area contributed by atoms with E-state index in [4.69, 9.17) is 5.73 Å². The molecule has 1 aromatic heterocycles. The van der Waals surface area contributed by atoms with Gasteiger partial charge in [-0.1, -0.05) is 23.4 Å². The molecule has 0 bridgehead atoms. The maximum Gasteiger partial charge on any atom is 0.435 e. The Bertz CT molecular complexity index is 723. The van der Waals surface area contributed by atoms with E-state index in [1.165, 1.54) is 19.1 Å². The van der Waals surface area contributed by atoms with Gasteiger partial charge in [0.15, 0.2) is 11.5 Å². The summed E-state index contributed by atoms with van der Waals surface area (Å²) in [7, 11) is 0. The Balaban J connectivity index is 2.03. The Morgan fingerprint density at radius 2 is 2.00 bits per heavy atom. The molecular weight excluding hydrogens is 313 g/mol. The molecule has 0 aliphatic rings. The Kier molecular flexibility index (Phi) is 4.68. The van der Waals surface area contributed by atoms with Crippen LogP contribution in [0, 0.1) is 6.92 Å². The molecule has 6 nitrogen and oxygen atoms in total. The predicted octanol–water partition coefficient (Wildman–Crippen LogP) is 2.34. The second kappa shape index (κ2) is 6.51. The third kappa shape index (κ3) is 4.31. The van der Waals surface area contributed by atoms with Crippen LogP contribution >= 0.6 is 0 Å². The van der Waals surface area contributed by atoms with Crippen LogP contribution in [0.25, 0.3) is 0 Å². The van der Waals surface area contributed by atoms with Crippen LogP contribution in [0.15, 0.2) is 41.6 Å². The van der Waals surface area contributed by atoms with E-state index >= 15 is 0 Å². The van der Waals surface area contributed by atoms with Crippen LogP contribution in [0.5, 0.6) is 0 Å².